The second-order valence-corrected chi connectivity index (χ2v) is 6.50. The fourth-order valence-corrected chi connectivity index (χ4v) is 3.59. The first-order valence-corrected chi connectivity index (χ1v) is 6.13. The minimum atomic E-state index is -2.80. The number of nitrogens with two attached hydrogens (primary N) is 1. The average Bonchev–Trinajstić information content (AvgIpc) is 1.83. The van der Waals surface area contributed by atoms with E-state index in [1.165, 1.54) is 0 Å². The predicted octanol–water partition coefficient (Wildman–Crippen LogP) is 0.548. The van der Waals surface area contributed by atoms with E-state index in [9.17, 15) is 8.42 Å². The van der Waals surface area contributed by atoms with Gasteiger partial charge in [0.05, 0.1) is 11.5 Å². The Kier molecular flexibility index (Phi) is 2.50. The molecule has 0 aromatic carbocycles. The number of hydrogen-bond donors (Lipinski definition) is 1. The van der Waals surface area contributed by atoms with Crippen molar-refractivity contribution in [1.82, 2.24) is 0 Å². The molecule has 0 bridgehead atoms. The van der Waals surface area contributed by atoms with Crippen LogP contribution in [0.15, 0.2) is 0 Å². The SMILES string of the molecule is CC(C)(N)C1CCCS(=O)(=O)C1. The molecule has 4 heteroatoms. The van der Waals surface area contributed by atoms with Crippen LogP contribution in [0, 0.1) is 5.92 Å². The van der Waals surface area contributed by atoms with Gasteiger partial charge in [-0.2, -0.15) is 0 Å². The molecule has 1 heterocycles. The predicted molar refractivity (Wildman–Crippen MR) is 49.6 cm³/mol. The van der Waals surface area contributed by atoms with Gasteiger partial charge < -0.3 is 5.73 Å². The van der Waals surface area contributed by atoms with Gasteiger partial charge in [-0.1, -0.05) is 0 Å². The highest BCUT2D eigenvalue weighted by molar-refractivity contribution is 7.91. The van der Waals surface area contributed by atoms with Crippen molar-refractivity contribution in [3.8, 4) is 0 Å². The summed E-state index contributed by atoms with van der Waals surface area (Å²) in [7, 11) is -2.80. The highest BCUT2D eigenvalue weighted by atomic mass is 32.2. The van der Waals surface area contributed by atoms with Crippen LogP contribution in [0.1, 0.15) is 26.7 Å². The highest BCUT2D eigenvalue weighted by Gasteiger charge is 2.33. The Morgan fingerprint density at radius 1 is 1.42 bits per heavy atom. The summed E-state index contributed by atoms with van der Waals surface area (Å²) in [6.45, 7) is 3.80. The molecular formula is C8H17NO2S. The standard InChI is InChI=1S/C8H17NO2S/c1-8(2,9)7-4-3-5-12(10,11)6-7/h7H,3-6,9H2,1-2H3. The van der Waals surface area contributed by atoms with E-state index in [2.05, 4.69) is 0 Å². The third-order valence-corrected chi connectivity index (χ3v) is 4.34. The lowest BCUT2D eigenvalue weighted by atomic mass is 9.86. The topological polar surface area (TPSA) is 60.2 Å². The third-order valence-electron chi connectivity index (χ3n) is 2.52. The van der Waals surface area contributed by atoms with Gasteiger partial charge >= 0.3 is 0 Å². The maximum Gasteiger partial charge on any atom is 0.150 e. The molecule has 1 rings (SSSR count). The first kappa shape index (κ1) is 9.99. The average molecular weight is 191 g/mol. The van der Waals surface area contributed by atoms with Gasteiger partial charge in [-0.3, -0.25) is 0 Å². The molecule has 0 aromatic rings. The van der Waals surface area contributed by atoms with E-state index >= 15 is 0 Å². The van der Waals surface area contributed by atoms with E-state index in [0.29, 0.717) is 5.75 Å². The summed E-state index contributed by atoms with van der Waals surface area (Å²) in [5.41, 5.74) is 5.51. The van der Waals surface area contributed by atoms with Gasteiger partial charge in [-0.25, -0.2) is 8.42 Å². The molecule has 12 heavy (non-hydrogen) atoms. The van der Waals surface area contributed by atoms with Crippen LogP contribution >= 0.6 is 0 Å². The fourth-order valence-electron chi connectivity index (χ4n) is 1.61. The molecular weight excluding hydrogens is 174 g/mol. The van der Waals surface area contributed by atoms with Crippen LogP contribution in [0.25, 0.3) is 0 Å². The second kappa shape index (κ2) is 3.00. The fraction of sp³-hybridized carbons (Fsp3) is 1.00. The number of rotatable bonds is 1. The van der Waals surface area contributed by atoms with E-state index < -0.39 is 9.84 Å². The van der Waals surface area contributed by atoms with Crippen LogP contribution in [0.2, 0.25) is 0 Å². The van der Waals surface area contributed by atoms with Crippen LogP contribution in [-0.2, 0) is 9.84 Å². The van der Waals surface area contributed by atoms with Crippen LogP contribution in [-0.4, -0.2) is 25.5 Å². The van der Waals surface area contributed by atoms with Gasteiger partial charge in [0, 0.05) is 5.54 Å². The molecule has 0 amide bonds. The lowest BCUT2D eigenvalue weighted by Gasteiger charge is -2.33. The maximum atomic E-state index is 11.3. The Hall–Kier alpha value is -0.0900. The van der Waals surface area contributed by atoms with Crippen LogP contribution in [0.4, 0.5) is 0 Å². The Bertz CT molecular complexity index is 251. The van der Waals surface area contributed by atoms with Gasteiger partial charge in [-0.15, -0.1) is 0 Å². The van der Waals surface area contributed by atoms with Gasteiger partial charge in [0.25, 0.3) is 0 Å². The highest BCUT2D eigenvalue weighted by Crippen LogP contribution is 2.26. The third kappa shape index (κ3) is 2.45. The quantitative estimate of drug-likeness (QED) is 0.658. The zero-order chi connectivity index (χ0) is 9.41. The Morgan fingerprint density at radius 2 is 2.00 bits per heavy atom. The van der Waals surface area contributed by atoms with Crippen molar-refractivity contribution in [3.63, 3.8) is 0 Å². The van der Waals surface area contributed by atoms with E-state index in [1.54, 1.807) is 0 Å². The molecule has 1 saturated heterocycles. The molecule has 1 aliphatic heterocycles. The Labute approximate surface area is 74.3 Å². The van der Waals surface area contributed by atoms with Gasteiger partial charge in [0.1, 0.15) is 0 Å². The van der Waals surface area contributed by atoms with E-state index in [0.717, 1.165) is 12.8 Å². The van der Waals surface area contributed by atoms with Crippen molar-refractivity contribution in [2.24, 2.45) is 11.7 Å². The van der Waals surface area contributed by atoms with Crippen molar-refractivity contribution in [1.29, 1.82) is 0 Å². The van der Waals surface area contributed by atoms with Crippen LogP contribution in [0.5, 0.6) is 0 Å². The minimum absolute atomic E-state index is 0.135. The summed E-state index contributed by atoms with van der Waals surface area (Å²) in [5.74, 6) is 0.757. The van der Waals surface area contributed by atoms with Crippen molar-refractivity contribution >= 4 is 9.84 Å². The van der Waals surface area contributed by atoms with Crippen LogP contribution in [0.3, 0.4) is 0 Å². The first-order chi connectivity index (χ1) is 5.31. The lowest BCUT2D eigenvalue weighted by molar-refractivity contribution is 0.317. The van der Waals surface area contributed by atoms with E-state index in [-0.39, 0.29) is 17.2 Å². The minimum Gasteiger partial charge on any atom is -0.325 e. The zero-order valence-corrected chi connectivity index (χ0v) is 8.52. The Morgan fingerprint density at radius 3 is 2.33 bits per heavy atom. The van der Waals surface area contributed by atoms with Gasteiger partial charge in [0.15, 0.2) is 9.84 Å². The summed E-state index contributed by atoms with van der Waals surface area (Å²) in [5, 5.41) is 0. The van der Waals surface area contributed by atoms with Gasteiger partial charge in [-0.05, 0) is 32.6 Å². The first-order valence-electron chi connectivity index (χ1n) is 4.30. The second-order valence-electron chi connectivity index (χ2n) is 4.27. The zero-order valence-electron chi connectivity index (χ0n) is 7.71. The molecule has 0 aliphatic carbocycles. The number of sulfone groups is 1. The summed E-state index contributed by atoms with van der Waals surface area (Å²) in [4.78, 5) is 0. The molecule has 0 radical (unpaired) electrons. The normalized spacial score (nSPS) is 30.1. The monoisotopic (exact) mass is 191 g/mol. The smallest absolute Gasteiger partial charge is 0.150 e. The van der Waals surface area contributed by atoms with Crippen LogP contribution < -0.4 is 5.73 Å². The van der Waals surface area contributed by atoms with Gasteiger partial charge in [0.2, 0.25) is 0 Å². The van der Waals surface area contributed by atoms with Crippen molar-refractivity contribution in [3.05, 3.63) is 0 Å². The van der Waals surface area contributed by atoms with Crippen molar-refractivity contribution in [2.45, 2.75) is 32.2 Å². The molecule has 0 saturated carbocycles. The van der Waals surface area contributed by atoms with E-state index in [4.69, 9.17) is 5.73 Å². The molecule has 1 aliphatic rings. The summed E-state index contributed by atoms with van der Waals surface area (Å²) >= 11 is 0. The van der Waals surface area contributed by atoms with Crippen molar-refractivity contribution in [2.75, 3.05) is 11.5 Å². The summed E-state index contributed by atoms with van der Waals surface area (Å²) in [6, 6.07) is 0. The molecule has 0 aromatic heterocycles. The summed E-state index contributed by atoms with van der Waals surface area (Å²) in [6.07, 6.45) is 1.72. The molecule has 72 valence electrons. The Balaban J connectivity index is 2.71. The van der Waals surface area contributed by atoms with E-state index in [1.807, 2.05) is 13.8 Å². The molecule has 1 unspecified atom stereocenters. The maximum absolute atomic E-state index is 11.3. The molecule has 1 atom stereocenters. The van der Waals surface area contributed by atoms with Crippen molar-refractivity contribution < 1.29 is 8.42 Å². The molecule has 2 N–H and O–H groups in total. The summed E-state index contributed by atoms with van der Waals surface area (Å²) < 4.78 is 22.5. The molecule has 3 nitrogen and oxygen atoms in total. The molecule has 0 spiro atoms. The molecule has 1 fully saturated rings. The largest absolute Gasteiger partial charge is 0.325 e. The lowest BCUT2D eigenvalue weighted by Crippen LogP contribution is -2.46. The number of hydrogen-bond acceptors (Lipinski definition) is 3.